The van der Waals surface area contributed by atoms with E-state index in [1.807, 2.05) is 34.9 Å². The van der Waals surface area contributed by atoms with Gasteiger partial charge in [-0.25, -0.2) is 4.79 Å². The first-order valence-electron chi connectivity index (χ1n) is 11.4. The Bertz CT molecular complexity index is 956. The Labute approximate surface area is 187 Å². The van der Waals surface area contributed by atoms with E-state index in [9.17, 15) is 9.59 Å². The number of carbonyl (C=O) groups is 2. The number of nitrogens with zero attached hydrogens (tertiary/aromatic N) is 4. The molecule has 2 aromatic rings. The van der Waals surface area contributed by atoms with E-state index in [0.717, 1.165) is 19.3 Å². The number of fused-ring (bicyclic) bond motifs is 1. The first kappa shape index (κ1) is 20.9. The van der Waals surface area contributed by atoms with Gasteiger partial charge in [0.05, 0.1) is 18.1 Å². The molecule has 9 heteroatoms. The normalized spacial score (nSPS) is 25.2. The van der Waals surface area contributed by atoms with Gasteiger partial charge in [-0.05, 0) is 30.7 Å². The number of urea groups is 1. The van der Waals surface area contributed by atoms with Gasteiger partial charge in [0.1, 0.15) is 6.61 Å². The van der Waals surface area contributed by atoms with E-state index in [4.69, 9.17) is 9.26 Å². The highest BCUT2D eigenvalue weighted by molar-refractivity contribution is 5.79. The fourth-order valence-corrected chi connectivity index (χ4v) is 5.23. The van der Waals surface area contributed by atoms with Crippen molar-refractivity contribution in [2.45, 2.75) is 44.2 Å². The number of carbonyl (C=O) groups excluding carboxylic acids is 2. The van der Waals surface area contributed by atoms with E-state index < -0.39 is 0 Å². The van der Waals surface area contributed by atoms with E-state index in [1.54, 1.807) is 0 Å². The van der Waals surface area contributed by atoms with Crippen LogP contribution in [0, 0.1) is 12.8 Å². The minimum atomic E-state index is -0.115. The van der Waals surface area contributed by atoms with Crippen LogP contribution in [0.1, 0.15) is 42.5 Å². The maximum atomic E-state index is 13.2. The zero-order valence-corrected chi connectivity index (χ0v) is 18.3. The average Bonchev–Trinajstić information content (AvgIpc) is 3.25. The van der Waals surface area contributed by atoms with Gasteiger partial charge in [0.25, 0.3) is 0 Å². The summed E-state index contributed by atoms with van der Waals surface area (Å²) in [5.74, 6) is 1.56. The second-order valence-corrected chi connectivity index (χ2v) is 8.93. The van der Waals surface area contributed by atoms with E-state index in [0.29, 0.717) is 43.8 Å². The Morgan fingerprint density at radius 2 is 1.88 bits per heavy atom. The largest absolute Gasteiger partial charge is 0.366 e. The van der Waals surface area contributed by atoms with Crippen molar-refractivity contribution in [3.05, 3.63) is 47.6 Å². The number of amides is 3. The Kier molecular flexibility index (Phi) is 5.82. The minimum absolute atomic E-state index is 0.00698. The van der Waals surface area contributed by atoms with Gasteiger partial charge in [-0.2, -0.15) is 4.98 Å². The highest BCUT2D eigenvalue weighted by atomic mass is 16.5. The Balaban J connectivity index is 1.24. The number of piperidine rings is 2. The Morgan fingerprint density at radius 3 is 2.59 bits per heavy atom. The molecule has 0 spiro atoms. The summed E-state index contributed by atoms with van der Waals surface area (Å²) < 4.78 is 10.9. The summed E-state index contributed by atoms with van der Waals surface area (Å²) in [4.78, 5) is 33.2. The summed E-state index contributed by atoms with van der Waals surface area (Å²) in [6.45, 7) is 4.47. The van der Waals surface area contributed by atoms with Crippen molar-refractivity contribution >= 4 is 11.9 Å². The Morgan fingerprint density at radius 1 is 1.12 bits per heavy atom. The molecule has 3 aliphatic rings. The third-order valence-electron chi connectivity index (χ3n) is 6.86. The molecule has 3 unspecified atom stereocenters. The van der Waals surface area contributed by atoms with E-state index in [1.165, 1.54) is 5.56 Å². The molecule has 1 N–H and O–H groups in total. The van der Waals surface area contributed by atoms with Crippen LogP contribution in [0.25, 0.3) is 0 Å². The first-order chi connectivity index (χ1) is 15.6. The predicted octanol–water partition coefficient (Wildman–Crippen LogP) is 1.93. The summed E-state index contributed by atoms with van der Waals surface area (Å²) >= 11 is 0. The van der Waals surface area contributed by atoms with Gasteiger partial charge < -0.3 is 24.4 Å². The van der Waals surface area contributed by atoms with Crippen molar-refractivity contribution in [1.29, 1.82) is 0 Å². The van der Waals surface area contributed by atoms with Crippen LogP contribution in [0.15, 0.2) is 34.9 Å². The van der Waals surface area contributed by atoms with Crippen LogP contribution >= 0.6 is 0 Å². The molecule has 5 rings (SSSR count). The van der Waals surface area contributed by atoms with E-state index in [2.05, 4.69) is 27.6 Å². The van der Waals surface area contributed by atoms with Crippen molar-refractivity contribution in [3.8, 4) is 0 Å². The van der Waals surface area contributed by atoms with Crippen molar-refractivity contribution in [3.63, 3.8) is 0 Å². The third kappa shape index (κ3) is 4.21. The van der Waals surface area contributed by atoms with E-state index in [-0.39, 0.29) is 36.6 Å². The third-order valence-corrected chi connectivity index (χ3v) is 6.86. The monoisotopic (exact) mass is 439 g/mol. The summed E-state index contributed by atoms with van der Waals surface area (Å²) in [6, 6.07) is 10.2. The maximum absolute atomic E-state index is 13.2. The van der Waals surface area contributed by atoms with E-state index >= 15 is 0 Å². The summed E-state index contributed by atoms with van der Waals surface area (Å²) in [6.07, 6.45) is 2.50. The molecule has 4 heterocycles. The second kappa shape index (κ2) is 8.90. The molecule has 3 saturated heterocycles. The van der Waals surface area contributed by atoms with Crippen LogP contribution in [0.3, 0.4) is 0 Å². The SMILES string of the molecule is Cc1nc(C(c2ccccc2)C2CCN(C(=O)N3CCC4OCC(=O)NC4C3)CC2)no1. The molecule has 1 aromatic carbocycles. The molecule has 9 nitrogen and oxygen atoms in total. The lowest BCUT2D eigenvalue weighted by Gasteiger charge is -2.43. The fraction of sp³-hybridized carbons (Fsp3) is 0.565. The van der Waals surface area contributed by atoms with Crippen LogP contribution in [-0.2, 0) is 9.53 Å². The number of ether oxygens (including phenoxy) is 1. The molecule has 3 fully saturated rings. The summed E-state index contributed by atoms with van der Waals surface area (Å²) in [5, 5.41) is 7.19. The molecule has 0 aliphatic carbocycles. The summed E-state index contributed by atoms with van der Waals surface area (Å²) in [7, 11) is 0. The van der Waals surface area contributed by atoms with Crippen LogP contribution in [0.4, 0.5) is 4.79 Å². The number of morpholine rings is 1. The number of aromatic nitrogens is 2. The lowest BCUT2D eigenvalue weighted by Crippen LogP contribution is -2.62. The Hall–Kier alpha value is -2.94. The molecule has 0 saturated carbocycles. The number of benzene rings is 1. The lowest BCUT2D eigenvalue weighted by molar-refractivity contribution is -0.139. The van der Waals surface area contributed by atoms with Gasteiger partial charge in [0, 0.05) is 33.1 Å². The molecule has 0 bridgehead atoms. The highest BCUT2D eigenvalue weighted by Gasteiger charge is 2.39. The second-order valence-electron chi connectivity index (χ2n) is 8.93. The molecule has 32 heavy (non-hydrogen) atoms. The lowest BCUT2D eigenvalue weighted by atomic mass is 9.79. The van der Waals surface area contributed by atoms with Gasteiger partial charge >= 0.3 is 6.03 Å². The molecule has 3 atom stereocenters. The molecule has 3 amide bonds. The number of hydrogen-bond donors (Lipinski definition) is 1. The van der Waals surface area contributed by atoms with Crippen molar-refractivity contribution < 1.29 is 18.8 Å². The molecule has 170 valence electrons. The molecule has 3 aliphatic heterocycles. The fourth-order valence-electron chi connectivity index (χ4n) is 5.23. The average molecular weight is 440 g/mol. The van der Waals surface area contributed by atoms with Crippen molar-refractivity contribution in [2.75, 3.05) is 32.8 Å². The standard InChI is InChI=1S/C23H29N5O4/c1-15-24-22(26-32-15)21(16-5-3-2-4-6-16)17-7-10-27(11-8-17)23(30)28-12-9-19-18(13-28)25-20(29)14-31-19/h2-6,17-19,21H,7-14H2,1H3,(H,25,29). The topological polar surface area (TPSA) is 101 Å². The minimum Gasteiger partial charge on any atom is -0.366 e. The number of nitrogens with one attached hydrogen (secondary N) is 1. The van der Waals surface area contributed by atoms with Crippen molar-refractivity contribution in [2.24, 2.45) is 5.92 Å². The van der Waals surface area contributed by atoms with Gasteiger partial charge in [0.15, 0.2) is 5.82 Å². The van der Waals surface area contributed by atoms with Gasteiger partial charge in [-0.1, -0.05) is 35.5 Å². The quantitative estimate of drug-likeness (QED) is 0.784. The van der Waals surface area contributed by atoms with Crippen LogP contribution in [-0.4, -0.2) is 76.8 Å². The number of hydrogen-bond acceptors (Lipinski definition) is 6. The zero-order valence-electron chi connectivity index (χ0n) is 18.3. The van der Waals surface area contributed by atoms with Gasteiger partial charge in [-0.15, -0.1) is 0 Å². The highest BCUT2D eigenvalue weighted by Crippen LogP contribution is 2.37. The molecular formula is C23H29N5O4. The van der Waals surface area contributed by atoms with Gasteiger partial charge in [-0.3, -0.25) is 4.79 Å². The smallest absolute Gasteiger partial charge is 0.320 e. The van der Waals surface area contributed by atoms with Crippen LogP contribution in [0.2, 0.25) is 0 Å². The van der Waals surface area contributed by atoms with Crippen LogP contribution in [0.5, 0.6) is 0 Å². The molecule has 1 aromatic heterocycles. The van der Waals surface area contributed by atoms with Gasteiger partial charge in [0.2, 0.25) is 11.8 Å². The number of rotatable bonds is 3. The first-order valence-corrected chi connectivity index (χ1v) is 11.4. The zero-order chi connectivity index (χ0) is 22.1. The molecule has 0 radical (unpaired) electrons. The predicted molar refractivity (Wildman–Crippen MR) is 115 cm³/mol. The number of likely N-dealkylation sites (tertiary alicyclic amines) is 2. The van der Waals surface area contributed by atoms with Crippen LogP contribution < -0.4 is 5.32 Å². The number of aryl methyl sites for hydroxylation is 1. The summed E-state index contributed by atoms with van der Waals surface area (Å²) in [5.41, 5.74) is 1.17. The van der Waals surface area contributed by atoms with Crippen molar-refractivity contribution in [1.82, 2.24) is 25.3 Å². The maximum Gasteiger partial charge on any atom is 0.320 e. The molecular weight excluding hydrogens is 410 g/mol.